The van der Waals surface area contributed by atoms with Crippen LogP contribution >= 0.6 is 11.3 Å². The van der Waals surface area contributed by atoms with Crippen LogP contribution in [0.4, 0.5) is 0 Å². The molecule has 0 aromatic carbocycles. The van der Waals surface area contributed by atoms with E-state index in [1.165, 1.54) is 11.3 Å². The molecular formula is C14H19N5O3S. The van der Waals surface area contributed by atoms with Crippen LogP contribution in [0.5, 0.6) is 0 Å². The van der Waals surface area contributed by atoms with Gasteiger partial charge < -0.3 is 10.1 Å². The van der Waals surface area contributed by atoms with Gasteiger partial charge in [0.1, 0.15) is 0 Å². The number of carbonyl (C=O) groups is 2. The van der Waals surface area contributed by atoms with Crippen LogP contribution in [0.1, 0.15) is 26.7 Å². The minimum absolute atomic E-state index is 0.103. The molecule has 0 unspecified atom stereocenters. The van der Waals surface area contributed by atoms with E-state index in [4.69, 9.17) is 4.74 Å². The third-order valence-electron chi connectivity index (χ3n) is 3.18. The molecule has 2 rings (SSSR count). The molecule has 2 heterocycles. The van der Waals surface area contributed by atoms with E-state index in [9.17, 15) is 9.59 Å². The van der Waals surface area contributed by atoms with Gasteiger partial charge in [0.05, 0.1) is 4.88 Å². The fourth-order valence-electron chi connectivity index (χ4n) is 1.88. The average Bonchev–Trinajstić information content (AvgIpc) is 3.21. The van der Waals surface area contributed by atoms with Gasteiger partial charge in [-0.1, -0.05) is 19.9 Å². The molecule has 23 heavy (non-hydrogen) atoms. The number of esters is 1. The van der Waals surface area contributed by atoms with E-state index in [2.05, 4.69) is 20.7 Å². The van der Waals surface area contributed by atoms with Crippen molar-refractivity contribution in [3.8, 4) is 10.7 Å². The van der Waals surface area contributed by atoms with E-state index < -0.39 is 5.97 Å². The fourth-order valence-corrected chi connectivity index (χ4v) is 2.53. The van der Waals surface area contributed by atoms with Crippen molar-refractivity contribution in [1.82, 2.24) is 25.5 Å². The first-order valence-electron chi connectivity index (χ1n) is 7.39. The predicted molar refractivity (Wildman–Crippen MR) is 84.6 cm³/mol. The number of ether oxygens (including phenoxy) is 1. The lowest BCUT2D eigenvalue weighted by Crippen LogP contribution is -2.37. The summed E-state index contributed by atoms with van der Waals surface area (Å²) in [5.41, 5.74) is 0. The number of nitrogens with one attached hydrogen (secondary N) is 1. The van der Waals surface area contributed by atoms with Crippen LogP contribution in [0.3, 0.4) is 0 Å². The molecule has 8 nitrogen and oxygen atoms in total. The Kier molecular flexibility index (Phi) is 6.21. The topological polar surface area (TPSA) is 99.0 Å². The van der Waals surface area contributed by atoms with Crippen LogP contribution < -0.4 is 5.32 Å². The normalized spacial score (nSPS) is 10.7. The molecule has 0 bridgehead atoms. The van der Waals surface area contributed by atoms with Gasteiger partial charge in [-0.25, -0.2) is 4.79 Å². The zero-order chi connectivity index (χ0) is 16.7. The molecule has 0 atom stereocenters. The molecule has 0 aliphatic carbocycles. The van der Waals surface area contributed by atoms with Crippen molar-refractivity contribution < 1.29 is 14.3 Å². The number of nitrogens with zero attached hydrogens (tertiary/aromatic N) is 4. The largest absolute Gasteiger partial charge is 0.454 e. The molecule has 0 spiro atoms. The van der Waals surface area contributed by atoms with Crippen LogP contribution in [-0.2, 0) is 20.9 Å². The van der Waals surface area contributed by atoms with Crippen molar-refractivity contribution in [2.24, 2.45) is 0 Å². The fraction of sp³-hybridized carbons (Fsp3) is 0.500. The molecule has 2 aromatic rings. The average molecular weight is 337 g/mol. The zero-order valence-electron chi connectivity index (χ0n) is 13.1. The third kappa shape index (κ3) is 5.13. The number of thiophene rings is 1. The molecule has 1 N–H and O–H groups in total. The van der Waals surface area contributed by atoms with E-state index >= 15 is 0 Å². The van der Waals surface area contributed by atoms with Crippen molar-refractivity contribution in [2.75, 3.05) is 6.61 Å². The van der Waals surface area contributed by atoms with E-state index in [0.717, 1.165) is 22.5 Å². The Bertz CT molecular complexity index is 637. The summed E-state index contributed by atoms with van der Waals surface area (Å²) in [7, 11) is 0. The highest BCUT2D eigenvalue weighted by atomic mass is 32.1. The van der Waals surface area contributed by atoms with E-state index in [1.807, 2.05) is 31.4 Å². The molecule has 2 aromatic heterocycles. The number of amides is 1. The molecule has 1 amide bonds. The van der Waals surface area contributed by atoms with Crippen molar-refractivity contribution in [3.63, 3.8) is 0 Å². The monoisotopic (exact) mass is 337 g/mol. The second kappa shape index (κ2) is 8.37. The molecule has 0 radical (unpaired) electrons. The van der Waals surface area contributed by atoms with Gasteiger partial charge in [0.15, 0.2) is 13.2 Å². The first-order valence-corrected chi connectivity index (χ1v) is 8.27. The minimum Gasteiger partial charge on any atom is -0.454 e. The van der Waals surface area contributed by atoms with Gasteiger partial charge in [0, 0.05) is 6.04 Å². The summed E-state index contributed by atoms with van der Waals surface area (Å²) in [4.78, 5) is 25.4. The van der Waals surface area contributed by atoms with Crippen LogP contribution in [0.2, 0.25) is 0 Å². The maximum atomic E-state index is 11.7. The number of carbonyl (C=O) groups excluding carboxylic acids is 2. The summed E-state index contributed by atoms with van der Waals surface area (Å²) >= 11 is 1.48. The summed E-state index contributed by atoms with van der Waals surface area (Å²) in [6.07, 6.45) is 1.68. The molecule has 0 saturated heterocycles. The Labute approximate surface area is 137 Å². The molecular weight excluding hydrogens is 318 g/mol. The molecule has 0 aliphatic rings. The maximum absolute atomic E-state index is 11.7. The van der Waals surface area contributed by atoms with E-state index in [1.54, 1.807) is 0 Å². The van der Waals surface area contributed by atoms with Crippen molar-refractivity contribution in [1.29, 1.82) is 0 Å². The Morgan fingerprint density at radius 2 is 2.17 bits per heavy atom. The second-order valence-electron chi connectivity index (χ2n) is 4.86. The molecule has 124 valence electrons. The smallest absolute Gasteiger partial charge is 0.330 e. The summed E-state index contributed by atoms with van der Waals surface area (Å²) in [5, 5.41) is 16.5. The van der Waals surface area contributed by atoms with Gasteiger partial charge in [-0.3, -0.25) is 4.79 Å². The maximum Gasteiger partial charge on any atom is 0.330 e. The van der Waals surface area contributed by atoms with Gasteiger partial charge in [0.25, 0.3) is 5.91 Å². The lowest BCUT2D eigenvalue weighted by atomic mass is 10.2. The SMILES string of the molecule is CCC(CC)NC(=O)COC(=O)Cn1nnc(-c2cccs2)n1. The third-order valence-corrected chi connectivity index (χ3v) is 4.05. The van der Waals surface area contributed by atoms with Crippen LogP contribution in [0, 0.1) is 0 Å². The predicted octanol–water partition coefficient (Wildman–Crippen LogP) is 1.25. The summed E-state index contributed by atoms with van der Waals surface area (Å²) in [6, 6.07) is 3.85. The minimum atomic E-state index is -0.583. The quantitative estimate of drug-likeness (QED) is 0.728. The Morgan fingerprint density at radius 1 is 1.39 bits per heavy atom. The molecule has 0 saturated carbocycles. The zero-order valence-corrected chi connectivity index (χ0v) is 13.9. The van der Waals surface area contributed by atoms with Crippen molar-refractivity contribution in [3.05, 3.63) is 17.5 Å². The van der Waals surface area contributed by atoms with Crippen LogP contribution in [0.15, 0.2) is 17.5 Å². The highest BCUT2D eigenvalue weighted by Gasteiger charge is 2.13. The van der Waals surface area contributed by atoms with E-state index in [-0.39, 0.29) is 25.1 Å². The second-order valence-corrected chi connectivity index (χ2v) is 5.81. The molecule has 0 fully saturated rings. The number of rotatable bonds is 8. The lowest BCUT2D eigenvalue weighted by molar-refractivity contribution is -0.149. The van der Waals surface area contributed by atoms with Gasteiger partial charge in [-0.15, -0.1) is 21.5 Å². The Balaban J connectivity index is 1.78. The highest BCUT2D eigenvalue weighted by molar-refractivity contribution is 7.13. The molecule has 0 aliphatic heterocycles. The van der Waals surface area contributed by atoms with E-state index in [0.29, 0.717) is 5.82 Å². The first kappa shape index (κ1) is 17.1. The van der Waals surface area contributed by atoms with Crippen LogP contribution in [0.25, 0.3) is 10.7 Å². The number of aromatic nitrogens is 4. The van der Waals surface area contributed by atoms with Crippen LogP contribution in [-0.4, -0.2) is 44.7 Å². The Hall–Kier alpha value is -2.29. The van der Waals surface area contributed by atoms with Gasteiger partial charge in [0.2, 0.25) is 5.82 Å². The standard InChI is InChI=1S/C14H19N5O3S/c1-3-10(4-2)15-12(20)9-22-13(21)8-19-17-14(16-18-19)11-6-5-7-23-11/h5-7,10H,3-4,8-9H2,1-2H3,(H,15,20). The number of hydrogen-bond donors (Lipinski definition) is 1. The summed E-state index contributed by atoms with van der Waals surface area (Å²) < 4.78 is 4.92. The van der Waals surface area contributed by atoms with Crippen molar-refractivity contribution in [2.45, 2.75) is 39.3 Å². The lowest BCUT2D eigenvalue weighted by Gasteiger charge is -2.14. The van der Waals surface area contributed by atoms with Gasteiger partial charge in [-0.05, 0) is 29.5 Å². The Morgan fingerprint density at radius 3 is 2.83 bits per heavy atom. The number of hydrogen-bond acceptors (Lipinski definition) is 7. The summed E-state index contributed by atoms with van der Waals surface area (Å²) in [6.45, 7) is 3.49. The van der Waals surface area contributed by atoms with Crippen molar-refractivity contribution >= 4 is 23.2 Å². The summed E-state index contributed by atoms with van der Waals surface area (Å²) in [5.74, 6) is -0.433. The van der Waals surface area contributed by atoms with Gasteiger partial charge >= 0.3 is 5.97 Å². The van der Waals surface area contributed by atoms with Gasteiger partial charge in [-0.2, -0.15) is 4.80 Å². The number of tetrazole rings is 1. The highest BCUT2D eigenvalue weighted by Crippen LogP contribution is 2.19. The molecule has 9 heteroatoms. The first-order chi connectivity index (χ1) is 11.1.